The van der Waals surface area contributed by atoms with Crippen molar-refractivity contribution in [1.82, 2.24) is 4.98 Å². The van der Waals surface area contributed by atoms with Crippen molar-refractivity contribution in [2.75, 3.05) is 18.0 Å². The largest absolute Gasteiger partial charge is 0.454 e. The molecule has 0 atom stereocenters. The molecule has 3 aromatic carbocycles. The van der Waals surface area contributed by atoms with Crippen molar-refractivity contribution in [3.05, 3.63) is 95.7 Å². The van der Waals surface area contributed by atoms with Crippen LogP contribution >= 0.6 is 0 Å². The number of aromatic nitrogens is 1. The molecular formula is C25H22N2O5S. The van der Waals surface area contributed by atoms with Crippen LogP contribution in [0.4, 0.5) is 5.69 Å². The van der Waals surface area contributed by atoms with E-state index in [4.69, 9.17) is 4.74 Å². The van der Waals surface area contributed by atoms with E-state index in [2.05, 4.69) is 4.98 Å². The third-order valence-corrected chi connectivity index (χ3v) is 7.13. The second-order valence-electron chi connectivity index (χ2n) is 7.58. The Hall–Kier alpha value is -3.91. The maximum atomic E-state index is 13.1. The highest BCUT2D eigenvalue weighted by molar-refractivity contribution is 7.92. The molecule has 0 radical (unpaired) electrons. The number of hydrogen-bond acceptors (Lipinski definition) is 5. The van der Waals surface area contributed by atoms with Crippen LogP contribution in [0.5, 0.6) is 0 Å². The Morgan fingerprint density at radius 3 is 2.45 bits per heavy atom. The molecule has 0 bridgehead atoms. The summed E-state index contributed by atoms with van der Waals surface area (Å²) in [6.45, 7) is 1.46. The maximum absolute atomic E-state index is 13.1. The number of benzene rings is 3. The van der Waals surface area contributed by atoms with Gasteiger partial charge >= 0.3 is 5.97 Å². The zero-order valence-electron chi connectivity index (χ0n) is 18.1. The predicted molar refractivity (Wildman–Crippen MR) is 126 cm³/mol. The number of H-pyrrole nitrogens is 1. The number of rotatable bonds is 7. The summed E-state index contributed by atoms with van der Waals surface area (Å²) in [6, 6.07) is 20.0. The number of Topliss-reactive ketones (excluding diaryl/α,β-unsaturated/α-hetero) is 1. The van der Waals surface area contributed by atoms with Crippen molar-refractivity contribution in [3.63, 3.8) is 0 Å². The summed E-state index contributed by atoms with van der Waals surface area (Å²) in [5, 5.41) is 0.741. The Morgan fingerprint density at radius 1 is 0.970 bits per heavy atom. The molecule has 0 saturated heterocycles. The summed E-state index contributed by atoms with van der Waals surface area (Å²) in [5.41, 5.74) is 2.78. The number of ether oxygens (including phenoxy) is 1. The van der Waals surface area contributed by atoms with Crippen molar-refractivity contribution < 1.29 is 22.7 Å². The summed E-state index contributed by atoms with van der Waals surface area (Å²) < 4.78 is 32.4. The summed E-state index contributed by atoms with van der Waals surface area (Å²) >= 11 is 0. The number of nitrogens with one attached hydrogen (secondary N) is 1. The Balaban J connectivity index is 1.49. The quantitative estimate of drug-likeness (QED) is 0.326. The zero-order chi connectivity index (χ0) is 23.6. The molecule has 0 fully saturated rings. The van der Waals surface area contributed by atoms with Crippen LogP contribution in [0.2, 0.25) is 0 Å². The molecule has 1 aromatic heterocycles. The summed E-state index contributed by atoms with van der Waals surface area (Å²) in [6.07, 6.45) is 1.58. The molecule has 1 heterocycles. The van der Waals surface area contributed by atoms with Gasteiger partial charge in [0.05, 0.1) is 16.1 Å². The summed E-state index contributed by atoms with van der Waals surface area (Å²) in [7, 11) is -2.45. The van der Waals surface area contributed by atoms with Crippen LogP contribution < -0.4 is 4.31 Å². The third-order valence-electron chi connectivity index (χ3n) is 5.35. The minimum atomic E-state index is -3.90. The molecule has 0 aliphatic heterocycles. The first kappa shape index (κ1) is 22.3. The SMILES string of the molecule is Cc1ccc(N(C)S(=O)(=O)c2cccc(C(=O)OCC(=O)c3c[nH]c4ccccc34)c2)cc1. The number of nitrogens with zero attached hydrogens (tertiary/aromatic N) is 1. The van der Waals surface area contributed by atoms with E-state index in [0.29, 0.717) is 11.3 Å². The van der Waals surface area contributed by atoms with Crippen LogP contribution in [0.3, 0.4) is 0 Å². The van der Waals surface area contributed by atoms with Crippen LogP contribution in [0.15, 0.2) is 83.9 Å². The smallest absolute Gasteiger partial charge is 0.338 e. The number of sulfonamides is 1. The topological polar surface area (TPSA) is 96.5 Å². The summed E-state index contributed by atoms with van der Waals surface area (Å²) in [5.74, 6) is -1.14. The molecule has 33 heavy (non-hydrogen) atoms. The van der Waals surface area contributed by atoms with Gasteiger partial charge in [0, 0.05) is 29.7 Å². The highest BCUT2D eigenvalue weighted by Gasteiger charge is 2.23. The number of ketones is 1. The number of carbonyl (C=O) groups is 2. The molecule has 0 saturated carbocycles. The molecule has 168 valence electrons. The Labute approximate surface area is 191 Å². The highest BCUT2D eigenvalue weighted by atomic mass is 32.2. The highest BCUT2D eigenvalue weighted by Crippen LogP contribution is 2.23. The fraction of sp³-hybridized carbons (Fsp3) is 0.120. The Bertz CT molecular complexity index is 1440. The van der Waals surface area contributed by atoms with Gasteiger partial charge in [0.1, 0.15) is 0 Å². The molecule has 4 aromatic rings. The molecule has 0 spiro atoms. The first-order valence-corrected chi connectivity index (χ1v) is 11.6. The number of aromatic amines is 1. The number of para-hydroxylation sites is 1. The third kappa shape index (κ3) is 4.51. The van der Waals surface area contributed by atoms with Gasteiger partial charge in [-0.3, -0.25) is 9.10 Å². The van der Waals surface area contributed by atoms with Crippen LogP contribution in [-0.4, -0.2) is 38.8 Å². The molecule has 0 unspecified atom stereocenters. The van der Waals surface area contributed by atoms with E-state index in [1.807, 2.05) is 37.3 Å². The van der Waals surface area contributed by atoms with Crippen molar-refractivity contribution >= 4 is 38.4 Å². The lowest BCUT2D eigenvalue weighted by Gasteiger charge is -2.20. The van der Waals surface area contributed by atoms with Gasteiger partial charge in [0.2, 0.25) is 5.78 Å². The van der Waals surface area contributed by atoms with Crippen molar-refractivity contribution in [3.8, 4) is 0 Å². The Morgan fingerprint density at radius 2 is 1.70 bits per heavy atom. The van der Waals surface area contributed by atoms with Gasteiger partial charge in [-0.25, -0.2) is 13.2 Å². The number of anilines is 1. The van der Waals surface area contributed by atoms with Gasteiger partial charge in [0.15, 0.2) is 6.61 Å². The molecule has 7 nitrogen and oxygen atoms in total. The second kappa shape index (κ2) is 8.91. The van der Waals surface area contributed by atoms with E-state index >= 15 is 0 Å². The Kier molecular flexibility index (Phi) is 6.02. The number of carbonyl (C=O) groups excluding carboxylic acids is 2. The zero-order valence-corrected chi connectivity index (χ0v) is 18.9. The summed E-state index contributed by atoms with van der Waals surface area (Å²) in [4.78, 5) is 28.1. The molecule has 8 heteroatoms. The van der Waals surface area contributed by atoms with Gasteiger partial charge in [0.25, 0.3) is 10.0 Å². The molecule has 4 rings (SSSR count). The van der Waals surface area contributed by atoms with E-state index < -0.39 is 22.6 Å². The minimum Gasteiger partial charge on any atom is -0.454 e. The van der Waals surface area contributed by atoms with Gasteiger partial charge < -0.3 is 9.72 Å². The van der Waals surface area contributed by atoms with E-state index in [0.717, 1.165) is 20.8 Å². The van der Waals surface area contributed by atoms with Gasteiger partial charge in [-0.1, -0.05) is 42.0 Å². The van der Waals surface area contributed by atoms with E-state index in [9.17, 15) is 18.0 Å². The molecule has 0 aliphatic rings. The van der Waals surface area contributed by atoms with Crippen LogP contribution in [0.25, 0.3) is 10.9 Å². The normalized spacial score (nSPS) is 11.3. The van der Waals surface area contributed by atoms with Crippen molar-refractivity contribution in [1.29, 1.82) is 0 Å². The average Bonchev–Trinajstić information content (AvgIpc) is 3.27. The van der Waals surface area contributed by atoms with Gasteiger partial charge in [-0.15, -0.1) is 0 Å². The van der Waals surface area contributed by atoms with Gasteiger partial charge in [-0.2, -0.15) is 0 Å². The van der Waals surface area contributed by atoms with Crippen molar-refractivity contribution in [2.45, 2.75) is 11.8 Å². The van der Waals surface area contributed by atoms with Crippen LogP contribution in [0.1, 0.15) is 26.3 Å². The fourth-order valence-electron chi connectivity index (χ4n) is 3.43. The maximum Gasteiger partial charge on any atom is 0.338 e. The average molecular weight is 463 g/mol. The minimum absolute atomic E-state index is 0.0418. The first-order valence-electron chi connectivity index (χ1n) is 10.2. The van der Waals surface area contributed by atoms with E-state index in [-0.39, 0.29) is 16.2 Å². The lowest BCUT2D eigenvalue weighted by atomic mass is 10.1. The van der Waals surface area contributed by atoms with Crippen LogP contribution in [0, 0.1) is 6.92 Å². The number of hydrogen-bond donors (Lipinski definition) is 1. The lowest BCUT2D eigenvalue weighted by Crippen LogP contribution is -2.26. The first-order chi connectivity index (χ1) is 15.8. The van der Waals surface area contributed by atoms with Crippen LogP contribution in [-0.2, 0) is 14.8 Å². The number of fused-ring (bicyclic) bond motifs is 1. The standard InChI is InChI=1S/C25H22N2O5S/c1-17-10-12-19(13-11-17)27(2)33(30,31)20-7-5-6-18(14-20)25(29)32-16-24(28)22-15-26-23-9-4-3-8-21(22)23/h3-15,26H,16H2,1-2H3. The van der Waals surface area contributed by atoms with E-state index in [1.54, 1.807) is 24.4 Å². The molecular weight excluding hydrogens is 440 g/mol. The fourth-order valence-corrected chi connectivity index (χ4v) is 4.67. The van der Waals surface area contributed by atoms with Gasteiger partial charge in [-0.05, 0) is 43.3 Å². The lowest BCUT2D eigenvalue weighted by molar-refractivity contribution is 0.0475. The van der Waals surface area contributed by atoms with Crippen molar-refractivity contribution in [2.24, 2.45) is 0 Å². The number of aryl methyl sites for hydroxylation is 1. The second-order valence-corrected chi connectivity index (χ2v) is 9.55. The molecule has 0 amide bonds. The monoisotopic (exact) mass is 462 g/mol. The molecule has 0 aliphatic carbocycles. The predicted octanol–water partition coefficient (Wildman–Crippen LogP) is 4.34. The number of esters is 1. The molecule has 1 N–H and O–H groups in total. The van der Waals surface area contributed by atoms with E-state index in [1.165, 1.54) is 31.3 Å².